The van der Waals surface area contributed by atoms with Crippen molar-refractivity contribution in [1.82, 2.24) is 10.2 Å². The van der Waals surface area contributed by atoms with Crippen LogP contribution >= 0.6 is 11.6 Å². The van der Waals surface area contributed by atoms with Crippen molar-refractivity contribution in [2.24, 2.45) is 0 Å². The molecule has 2 aromatic carbocycles. The number of carbonyl (C=O) groups excluding carboxylic acids is 2. The van der Waals surface area contributed by atoms with Crippen molar-refractivity contribution < 1.29 is 14.3 Å². The highest BCUT2D eigenvalue weighted by molar-refractivity contribution is 6.30. The van der Waals surface area contributed by atoms with Crippen LogP contribution in [0.15, 0.2) is 54.6 Å². The summed E-state index contributed by atoms with van der Waals surface area (Å²) >= 11 is 5.99. The number of nitrogens with zero attached hydrogens (tertiary/aromatic N) is 1. The molecule has 30 heavy (non-hydrogen) atoms. The molecule has 0 aromatic heterocycles. The summed E-state index contributed by atoms with van der Waals surface area (Å²) in [5.41, 5.74) is 2.04. The van der Waals surface area contributed by atoms with Crippen LogP contribution in [0.1, 0.15) is 37.3 Å². The molecule has 1 heterocycles. The molecule has 2 atom stereocenters. The first kappa shape index (κ1) is 22.3. The van der Waals surface area contributed by atoms with E-state index in [1.165, 1.54) is 0 Å². The van der Waals surface area contributed by atoms with Crippen molar-refractivity contribution in [3.63, 3.8) is 0 Å². The number of halogens is 1. The Morgan fingerprint density at radius 2 is 1.87 bits per heavy atom. The molecule has 1 fully saturated rings. The third-order valence-corrected chi connectivity index (χ3v) is 5.68. The molecule has 2 aromatic rings. The molecule has 1 aliphatic rings. The minimum absolute atomic E-state index is 0.0476. The van der Waals surface area contributed by atoms with E-state index in [9.17, 15) is 9.59 Å². The van der Waals surface area contributed by atoms with Crippen molar-refractivity contribution in [2.45, 2.75) is 51.3 Å². The van der Waals surface area contributed by atoms with Gasteiger partial charge in [-0.05, 0) is 49.4 Å². The molecule has 0 spiro atoms. The highest BCUT2D eigenvalue weighted by Gasteiger charge is 2.27. The lowest BCUT2D eigenvalue weighted by atomic mass is 10.1. The quantitative estimate of drug-likeness (QED) is 0.657. The second-order valence-electron chi connectivity index (χ2n) is 7.69. The van der Waals surface area contributed by atoms with E-state index in [0.29, 0.717) is 31.0 Å². The molecule has 160 valence electrons. The van der Waals surface area contributed by atoms with Crippen LogP contribution in [-0.4, -0.2) is 42.0 Å². The second kappa shape index (κ2) is 11.1. The summed E-state index contributed by atoms with van der Waals surface area (Å²) in [5, 5.41) is 3.59. The lowest BCUT2D eigenvalue weighted by Gasteiger charge is -2.29. The number of carbonyl (C=O) groups is 2. The van der Waals surface area contributed by atoms with Gasteiger partial charge < -0.3 is 15.0 Å². The Bertz CT molecular complexity index is 820. The Hall–Kier alpha value is -2.37. The molecular weight excluding hydrogens is 400 g/mol. The summed E-state index contributed by atoms with van der Waals surface area (Å²) in [7, 11) is 0. The smallest absolute Gasteiger partial charge is 0.242 e. The Kier molecular flexibility index (Phi) is 8.29. The van der Waals surface area contributed by atoms with Crippen molar-refractivity contribution in [3.8, 4) is 0 Å². The topological polar surface area (TPSA) is 58.6 Å². The van der Waals surface area contributed by atoms with Gasteiger partial charge in [-0.1, -0.05) is 54.1 Å². The van der Waals surface area contributed by atoms with Gasteiger partial charge >= 0.3 is 0 Å². The van der Waals surface area contributed by atoms with E-state index in [-0.39, 0.29) is 17.9 Å². The molecule has 3 rings (SSSR count). The van der Waals surface area contributed by atoms with E-state index >= 15 is 0 Å². The molecule has 0 radical (unpaired) electrons. The molecule has 2 amide bonds. The maximum atomic E-state index is 13.1. The van der Waals surface area contributed by atoms with Crippen molar-refractivity contribution in [1.29, 1.82) is 0 Å². The summed E-state index contributed by atoms with van der Waals surface area (Å²) in [6, 6.07) is 16.7. The zero-order valence-corrected chi connectivity index (χ0v) is 18.1. The first-order valence-electron chi connectivity index (χ1n) is 10.5. The fourth-order valence-corrected chi connectivity index (χ4v) is 3.70. The fraction of sp³-hybridized carbons (Fsp3) is 0.417. The third kappa shape index (κ3) is 6.57. The molecule has 0 unspecified atom stereocenters. The molecule has 0 aliphatic carbocycles. The Morgan fingerprint density at radius 1 is 1.13 bits per heavy atom. The number of rotatable bonds is 9. The summed E-state index contributed by atoms with van der Waals surface area (Å²) in [6.45, 7) is 3.37. The minimum atomic E-state index is -0.578. The number of hydrogen-bond acceptors (Lipinski definition) is 3. The van der Waals surface area contributed by atoms with Crippen LogP contribution in [0.2, 0.25) is 5.02 Å². The van der Waals surface area contributed by atoms with E-state index < -0.39 is 6.04 Å². The van der Waals surface area contributed by atoms with Crippen molar-refractivity contribution >= 4 is 23.4 Å². The van der Waals surface area contributed by atoms with E-state index in [4.69, 9.17) is 16.3 Å². The number of aryl methyl sites for hydroxylation is 1. The lowest BCUT2D eigenvalue weighted by molar-refractivity contribution is -0.140. The van der Waals surface area contributed by atoms with E-state index in [2.05, 4.69) is 5.32 Å². The lowest BCUT2D eigenvalue weighted by Crippen LogP contribution is -2.49. The van der Waals surface area contributed by atoms with Gasteiger partial charge in [0.15, 0.2) is 0 Å². The fourth-order valence-electron chi connectivity index (χ4n) is 3.58. The average Bonchev–Trinajstić information content (AvgIpc) is 3.29. The van der Waals surface area contributed by atoms with Crippen LogP contribution in [0.3, 0.4) is 0 Å². The van der Waals surface area contributed by atoms with Crippen molar-refractivity contribution in [3.05, 3.63) is 70.7 Å². The van der Waals surface area contributed by atoms with Gasteiger partial charge in [0.2, 0.25) is 11.8 Å². The maximum Gasteiger partial charge on any atom is 0.242 e. The third-order valence-electron chi connectivity index (χ3n) is 5.43. The van der Waals surface area contributed by atoms with Crippen LogP contribution in [0.4, 0.5) is 0 Å². The zero-order chi connectivity index (χ0) is 21.3. The predicted molar refractivity (Wildman–Crippen MR) is 118 cm³/mol. The second-order valence-corrected chi connectivity index (χ2v) is 8.13. The monoisotopic (exact) mass is 428 g/mol. The van der Waals surface area contributed by atoms with Crippen LogP contribution in [0, 0.1) is 0 Å². The Labute approximate surface area is 183 Å². The Balaban J connectivity index is 1.65. The van der Waals surface area contributed by atoms with Gasteiger partial charge in [-0.2, -0.15) is 0 Å². The van der Waals surface area contributed by atoms with E-state index in [1.54, 1.807) is 24.0 Å². The van der Waals surface area contributed by atoms with Crippen LogP contribution < -0.4 is 5.32 Å². The van der Waals surface area contributed by atoms with Gasteiger partial charge in [0.1, 0.15) is 6.04 Å². The molecule has 1 aliphatic heterocycles. The van der Waals surface area contributed by atoms with Gasteiger partial charge in [-0.15, -0.1) is 0 Å². The molecule has 0 bridgehead atoms. The normalized spacial score (nSPS) is 16.8. The van der Waals surface area contributed by atoms with Gasteiger partial charge in [0.25, 0.3) is 0 Å². The first-order valence-corrected chi connectivity index (χ1v) is 10.9. The molecule has 1 N–H and O–H groups in total. The summed E-state index contributed by atoms with van der Waals surface area (Å²) in [6.07, 6.45) is 3.04. The summed E-state index contributed by atoms with van der Waals surface area (Å²) < 4.78 is 5.58. The number of amides is 2. The SMILES string of the molecule is C[C@H](C(=O)NC[C@H]1CCCO1)N(Cc1ccc(Cl)cc1)C(=O)CCc1ccccc1. The molecule has 0 saturated carbocycles. The highest BCUT2D eigenvalue weighted by Crippen LogP contribution is 2.16. The standard InChI is InChI=1S/C24H29ClN2O3/c1-18(24(29)26-16-22-8-5-15-30-22)27(17-20-9-12-21(25)13-10-20)23(28)14-11-19-6-3-2-4-7-19/h2-4,6-7,9-10,12-13,18,22H,5,8,11,14-17H2,1H3,(H,26,29)/t18-,22-/m1/s1. The van der Waals surface area contributed by atoms with Gasteiger partial charge in [-0.3, -0.25) is 9.59 Å². The highest BCUT2D eigenvalue weighted by atomic mass is 35.5. The maximum absolute atomic E-state index is 13.1. The predicted octanol–water partition coefficient (Wildman–Crippen LogP) is 3.99. The molecule has 1 saturated heterocycles. The number of benzene rings is 2. The summed E-state index contributed by atoms with van der Waals surface area (Å²) in [5.74, 6) is -0.207. The molecule has 6 heteroatoms. The zero-order valence-electron chi connectivity index (χ0n) is 17.4. The van der Waals surface area contributed by atoms with Crippen molar-refractivity contribution in [2.75, 3.05) is 13.2 Å². The largest absolute Gasteiger partial charge is 0.376 e. The van der Waals surface area contributed by atoms with Crippen LogP contribution in [-0.2, 0) is 27.3 Å². The van der Waals surface area contributed by atoms with E-state index in [0.717, 1.165) is 30.6 Å². The minimum Gasteiger partial charge on any atom is -0.376 e. The summed E-state index contributed by atoms with van der Waals surface area (Å²) in [4.78, 5) is 27.5. The van der Waals surface area contributed by atoms with Gasteiger partial charge in [0.05, 0.1) is 6.10 Å². The molecular formula is C24H29ClN2O3. The van der Waals surface area contributed by atoms with Crippen LogP contribution in [0.5, 0.6) is 0 Å². The first-order chi connectivity index (χ1) is 14.5. The van der Waals surface area contributed by atoms with Gasteiger partial charge in [0, 0.05) is 31.1 Å². The molecule has 5 nitrogen and oxygen atoms in total. The van der Waals surface area contributed by atoms with Gasteiger partial charge in [-0.25, -0.2) is 0 Å². The average molecular weight is 429 g/mol. The number of hydrogen-bond donors (Lipinski definition) is 1. The number of nitrogens with one attached hydrogen (secondary N) is 1. The number of ether oxygens (including phenoxy) is 1. The Morgan fingerprint density at radius 3 is 2.53 bits per heavy atom. The van der Waals surface area contributed by atoms with E-state index in [1.807, 2.05) is 42.5 Å². The van der Waals surface area contributed by atoms with Crippen LogP contribution in [0.25, 0.3) is 0 Å².